The standard InChI is InChI=1S/C9H11ClN4O2S/c1-5(2)6-3-4-7-12-8(10)9(14(7)13-6)17(11,15)16/h3-5H,1-2H3,(H2,11,15,16). The summed E-state index contributed by atoms with van der Waals surface area (Å²) in [5, 5.41) is 8.81. The van der Waals surface area contributed by atoms with Gasteiger partial charge in [-0.3, -0.25) is 0 Å². The lowest BCUT2D eigenvalue weighted by Gasteiger charge is -2.05. The molecular formula is C9H11ClN4O2S. The van der Waals surface area contributed by atoms with Crippen molar-refractivity contribution in [2.24, 2.45) is 5.14 Å². The van der Waals surface area contributed by atoms with Crippen molar-refractivity contribution in [1.29, 1.82) is 0 Å². The van der Waals surface area contributed by atoms with Crippen LogP contribution in [0.3, 0.4) is 0 Å². The Morgan fingerprint density at radius 2 is 2.06 bits per heavy atom. The van der Waals surface area contributed by atoms with Crippen molar-refractivity contribution in [3.05, 3.63) is 23.0 Å². The van der Waals surface area contributed by atoms with Gasteiger partial charge in [0.25, 0.3) is 10.0 Å². The van der Waals surface area contributed by atoms with E-state index in [0.717, 1.165) is 10.2 Å². The quantitative estimate of drug-likeness (QED) is 0.889. The molecule has 0 aliphatic carbocycles. The minimum Gasteiger partial charge on any atom is -0.223 e. The lowest BCUT2D eigenvalue weighted by molar-refractivity contribution is 0.588. The number of nitrogens with zero attached hydrogens (tertiary/aromatic N) is 3. The Balaban J connectivity index is 2.83. The van der Waals surface area contributed by atoms with Crippen molar-refractivity contribution < 1.29 is 8.42 Å². The molecule has 0 saturated heterocycles. The Hall–Kier alpha value is -1.18. The zero-order valence-electron chi connectivity index (χ0n) is 9.25. The highest BCUT2D eigenvalue weighted by Gasteiger charge is 2.22. The van der Waals surface area contributed by atoms with E-state index in [9.17, 15) is 8.42 Å². The Morgan fingerprint density at radius 1 is 1.41 bits per heavy atom. The van der Waals surface area contributed by atoms with Crippen molar-refractivity contribution in [2.75, 3.05) is 0 Å². The number of sulfonamides is 1. The Kier molecular flexibility index (Phi) is 2.84. The molecule has 0 amide bonds. The molecule has 0 atom stereocenters. The zero-order valence-corrected chi connectivity index (χ0v) is 10.8. The Bertz CT molecular complexity index is 678. The summed E-state index contributed by atoms with van der Waals surface area (Å²) in [5.74, 6) is 0.161. The van der Waals surface area contributed by atoms with E-state index in [2.05, 4.69) is 10.1 Å². The van der Waals surface area contributed by atoms with Gasteiger partial charge < -0.3 is 0 Å². The minimum absolute atomic E-state index is 0.161. The highest BCUT2D eigenvalue weighted by Crippen LogP contribution is 2.22. The van der Waals surface area contributed by atoms with E-state index in [0.29, 0.717) is 5.65 Å². The molecule has 2 aromatic rings. The first-order valence-corrected chi connectivity index (χ1v) is 6.81. The molecule has 2 rings (SSSR count). The monoisotopic (exact) mass is 274 g/mol. The van der Waals surface area contributed by atoms with Crippen LogP contribution in [0.15, 0.2) is 17.2 Å². The molecule has 0 saturated carbocycles. The van der Waals surface area contributed by atoms with Crippen molar-refractivity contribution >= 4 is 27.3 Å². The normalized spacial score (nSPS) is 12.5. The summed E-state index contributed by atoms with van der Waals surface area (Å²) in [6, 6.07) is 3.43. The van der Waals surface area contributed by atoms with Gasteiger partial charge >= 0.3 is 0 Å². The first-order valence-electron chi connectivity index (χ1n) is 4.88. The highest BCUT2D eigenvalue weighted by molar-refractivity contribution is 7.89. The van der Waals surface area contributed by atoms with Gasteiger partial charge in [0.1, 0.15) is 0 Å². The zero-order chi connectivity index (χ0) is 12.8. The third-order valence-electron chi connectivity index (χ3n) is 2.28. The molecule has 0 fully saturated rings. The molecule has 0 radical (unpaired) electrons. The van der Waals surface area contributed by atoms with Gasteiger partial charge in [0.2, 0.25) is 5.03 Å². The lowest BCUT2D eigenvalue weighted by atomic mass is 10.1. The SMILES string of the molecule is CC(C)c1ccc2nc(Cl)c(S(N)(=O)=O)n2n1. The maximum absolute atomic E-state index is 11.4. The van der Waals surface area contributed by atoms with E-state index in [1.165, 1.54) is 0 Å². The summed E-state index contributed by atoms with van der Waals surface area (Å²) in [6.45, 7) is 3.90. The molecule has 8 heteroatoms. The van der Waals surface area contributed by atoms with Crippen LogP contribution in [0.25, 0.3) is 5.65 Å². The number of hydrogen-bond donors (Lipinski definition) is 1. The summed E-state index contributed by atoms with van der Waals surface area (Å²) in [4.78, 5) is 3.89. The van der Waals surface area contributed by atoms with E-state index < -0.39 is 10.0 Å². The number of nitrogens with two attached hydrogens (primary N) is 1. The van der Waals surface area contributed by atoms with Crippen LogP contribution in [-0.4, -0.2) is 23.0 Å². The molecule has 0 aliphatic rings. The van der Waals surface area contributed by atoms with Crippen molar-refractivity contribution in [1.82, 2.24) is 14.6 Å². The fourth-order valence-corrected chi connectivity index (χ4v) is 2.59. The fourth-order valence-electron chi connectivity index (χ4n) is 1.45. The van der Waals surface area contributed by atoms with Gasteiger partial charge in [-0.2, -0.15) is 9.61 Å². The van der Waals surface area contributed by atoms with Crippen molar-refractivity contribution in [3.63, 3.8) is 0 Å². The van der Waals surface area contributed by atoms with E-state index in [1.807, 2.05) is 13.8 Å². The maximum atomic E-state index is 11.4. The molecule has 2 N–H and O–H groups in total. The number of primary sulfonamides is 1. The van der Waals surface area contributed by atoms with Gasteiger partial charge in [0.05, 0.1) is 5.69 Å². The van der Waals surface area contributed by atoms with Gasteiger partial charge in [-0.05, 0) is 18.1 Å². The molecule has 2 heterocycles. The predicted octanol–water partition coefficient (Wildman–Crippen LogP) is 1.15. The predicted molar refractivity (Wildman–Crippen MR) is 63.5 cm³/mol. The average Bonchev–Trinajstić information content (AvgIpc) is 2.51. The molecule has 0 aromatic carbocycles. The average molecular weight is 275 g/mol. The number of halogens is 1. The maximum Gasteiger partial charge on any atom is 0.258 e. The third kappa shape index (κ3) is 2.13. The second-order valence-electron chi connectivity index (χ2n) is 3.94. The van der Waals surface area contributed by atoms with Gasteiger partial charge in [-0.25, -0.2) is 18.5 Å². The molecule has 0 spiro atoms. The van der Waals surface area contributed by atoms with E-state index in [-0.39, 0.29) is 16.1 Å². The van der Waals surface area contributed by atoms with Crippen molar-refractivity contribution in [2.45, 2.75) is 24.8 Å². The largest absolute Gasteiger partial charge is 0.258 e. The van der Waals surface area contributed by atoms with Crippen LogP contribution >= 0.6 is 11.6 Å². The van der Waals surface area contributed by atoms with Gasteiger partial charge in [-0.1, -0.05) is 25.4 Å². The third-order valence-corrected chi connectivity index (χ3v) is 3.56. The molecule has 17 heavy (non-hydrogen) atoms. The molecular weight excluding hydrogens is 264 g/mol. The molecule has 6 nitrogen and oxygen atoms in total. The first kappa shape index (κ1) is 12.3. The van der Waals surface area contributed by atoms with Gasteiger partial charge in [-0.15, -0.1) is 0 Å². The van der Waals surface area contributed by atoms with Gasteiger partial charge in [0.15, 0.2) is 10.8 Å². The van der Waals surface area contributed by atoms with Crippen LogP contribution in [-0.2, 0) is 10.0 Å². The summed E-state index contributed by atoms with van der Waals surface area (Å²) in [7, 11) is -3.95. The van der Waals surface area contributed by atoms with E-state index in [4.69, 9.17) is 16.7 Å². The van der Waals surface area contributed by atoms with E-state index >= 15 is 0 Å². The van der Waals surface area contributed by atoms with Crippen LogP contribution in [0.1, 0.15) is 25.5 Å². The second-order valence-corrected chi connectivity index (χ2v) is 5.77. The van der Waals surface area contributed by atoms with Crippen molar-refractivity contribution in [3.8, 4) is 0 Å². The molecule has 0 unspecified atom stereocenters. The Labute approximate surface area is 103 Å². The summed E-state index contributed by atoms with van der Waals surface area (Å²) >= 11 is 5.75. The minimum atomic E-state index is -3.95. The second kappa shape index (κ2) is 3.94. The molecule has 2 aromatic heterocycles. The number of aromatic nitrogens is 3. The summed E-state index contributed by atoms with van der Waals surface area (Å²) in [6.07, 6.45) is 0. The molecule has 0 aliphatic heterocycles. The lowest BCUT2D eigenvalue weighted by Crippen LogP contribution is -2.16. The van der Waals surface area contributed by atoms with E-state index in [1.54, 1.807) is 12.1 Å². The topological polar surface area (TPSA) is 90.3 Å². The molecule has 92 valence electrons. The smallest absolute Gasteiger partial charge is 0.223 e. The van der Waals surface area contributed by atoms with Crippen LogP contribution < -0.4 is 5.14 Å². The number of rotatable bonds is 2. The highest BCUT2D eigenvalue weighted by atomic mass is 35.5. The van der Waals surface area contributed by atoms with Crippen LogP contribution in [0, 0.1) is 0 Å². The molecule has 0 bridgehead atoms. The number of hydrogen-bond acceptors (Lipinski definition) is 4. The fraction of sp³-hybridized carbons (Fsp3) is 0.333. The first-order chi connectivity index (χ1) is 7.80. The van der Waals surface area contributed by atoms with Gasteiger partial charge in [0, 0.05) is 0 Å². The van der Waals surface area contributed by atoms with Crippen LogP contribution in [0.2, 0.25) is 5.15 Å². The Morgan fingerprint density at radius 3 is 2.59 bits per heavy atom. The number of fused-ring (bicyclic) bond motifs is 1. The summed E-state index contributed by atoms with van der Waals surface area (Å²) < 4.78 is 24.0. The summed E-state index contributed by atoms with van der Waals surface area (Å²) in [5.41, 5.74) is 1.08. The number of imidazole rings is 1. The van der Waals surface area contributed by atoms with Crippen LogP contribution in [0.5, 0.6) is 0 Å². The van der Waals surface area contributed by atoms with Crippen LogP contribution in [0.4, 0.5) is 0 Å².